The largest absolute Gasteiger partial charge is 0.380 e. The number of nitrogens with zero attached hydrogens (tertiary/aromatic N) is 2. The summed E-state index contributed by atoms with van der Waals surface area (Å²) in [5.74, 6) is 1.49. The molecule has 1 heterocycles. The molecule has 0 saturated carbocycles. The smallest absolute Gasteiger partial charge is 0.191 e. The Morgan fingerprint density at radius 1 is 1.13 bits per heavy atom. The zero-order valence-electron chi connectivity index (χ0n) is 19.3. The normalized spacial score (nSPS) is 20.1. The first kappa shape index (κ1) is 27.1. The lowest BCUT2D eigenvalue weighted by molar-refractivity contribution is -0.0705. The molecular weight excluding hydrogens is 491 g/mol. The summed E-state index contributed by atoms with van der Waals surface area (Å²) in [6.45, 7) is 14.6. The van der Waals surface area contributed by atoms with E-state index >= 15 is 0 Å². The van der Waals surface area contributed by atoms with Gasteiger partial charge in [-0.05, 0) is 37.3 Å². The Labute approximate surface area is 200 Å². The van der Waals surface area contributed by atoms with E-state index in [-0.39, 0.29) is 36.2 Å². The molecular formula is C23H41IN4O2. The van der Waals surface area contributed by atoms with Gasteiger partial charge in [-0.15, -0.1) is 24.0 Å². The van der Waals surface area contributed by atoms with Crippen LogP contribution < -0.4 is 10.6 Å². The molecule has 2 N–H and O–H groups in total. The second-order valence-electron chi connectivity index (χ2n) is 8.37. The van der Waals surface area contributed by atoms with Crippen LogP contribution in [0.5, 0.6) is 0 Å². The number of hydrogen-bond donors (Lipinski definition) is 2. The molecule has 1 saturated heterocycles. The summed E-state index contributed by atoms with van der Waals surface area (Å²) in [6.07, 6.45) is 1.68. The lowest BCUT2D eigenvalue weighted by atomic mass is 10.1. The van der Waals surface area contributed by atoms with E-state index < -0.39 is 0 Å². The standard InChI is InChI=1S/C23H40N4O2.HI/c1-18(2)10-12-28-13-11-25-23(24-5)26-14-21-8-6-7-9-22(21)17-27-15-19(3)29-20(4)16-27;/h6-9,18-20H,10-17H2,1-5H3,(H2,24,25,26);1H. The van der Waals surface area contributed by atoms with E-state index in [0.717, 1.165) is 51.7 Å². The highest BCUT2D eigenvalue weighted by atomic mass is 127. The van der Waals surface area contributed by atoms with Gasteiger partial charge >= 0.3 is 0 Å². The summed E-state index contributed by atoms with van der Waals surface area (Å²) in [5, 5.41) is 6.76. The SMILES string of the molecule is CN=C(NCCOCCC(C)C)NCc1ccccc1CN1CC(C)OC(C)C1.I. The van der Waals surface area contributed by atoms with E-state index in [4.69, 9.17) is 9.47 Å². The molecule has 1 aliphatic rings. The summed E-state index contributed by atoms with van der Waals surface area (Å²) in [5.41, 5.74) is 2.66. The van der Waals surface area contributed by atoms with Crippen LogP contribution in [0.25, 0.3) is 0 Å². The molecule has 30 heavy (non-hydrogen) atoms. The summed E-state index contributed by atoms with van der Waals surface area (Å²) >= 11 is 0. The van der Waals surface area contributed by atoms with Gasteiger partial charge in [-0.1, -0.05) is 38.1 Å². The number of morpholine rings is 1. The third kappa shape index (κ3) is 10.4. The van der Waals surface area contributed by atoms with Crippen molar-refractivity contribution in [3.63, 3.8) is 0 Å². The Kier molecular flexibility index (Phi) is 13.6. The zero-order chi connectivity index (χ0) is 21.1. The Bertz CT molecular complexity index is 617. The molecule has 2 atom stereocenters. The van der Waals surface area contributed by atoms with Crippen molar-refractivity contribution >= 4 is 29.9 Å². The maximum atomic E-state index is 5.86. The quantitative estimate of drug-likeness (QED) is 0.209. The number of guanidine groups is 1. The predicted molar refractivity (Wildman–Crippen MR) is 136 cm³/mol. The van der Waals surface area contributed by atoms with Gasteiger partial charge in [-0.3, -0.25) is 9.89 Å². The number of ether oxygens (including phenoxy) is 2. The average molecular weight is 533 g/mol. The monoisotopic (exact) mass is 532 g/mol. The molecule has 0 aromatic heterocycles. The Morgan fingerprint density at radius 3 is 2.43 bits per heavy atom. The minimum atomic E-state index is 0. The molecule has 2 unspecified atom stereocenters. The zero-order valence-corrected chi connectivity index (χ0v) is 21.6. The van der Waals surface area contributed by atoms with Gasteiger partial charge in [0, 0.05) is 46.4 Å². The van der Waals surface area contributed by atoms with Crippen LogP contribution >= 0.6 is 24.0 Å². The molecule has 6 nitrogen and oxygen atoms in total. The average Bonchev–Trinajstić information content (AvgIpc) is 2.67. The van der Waals surface area contributed by atoms with Crippen molar-refractivity contribution in [3.05, 3.63) is 35.4 Å². The first-order chi connectivity index (χ1) is 14.0. The first-order valence-electron chi connectivity index (χ1n) is 10.9. The third-order valence-corrected chi connectivity index (χ3v) is 5.06. The summed E-state index contributed by atoms with van der Waals surface area (Å²) in [4.78, 5) is 6.81. The van der Waals surface area contributed by atoms with E-state index in [1.807, 2.05) is 0 Å². The number of benzene rings is 1. The van der Waals surface area contributed by atoms with Crippen molar-refractivity contribution < 1.29 is 9.47 Å². The Hall–Kier alpha value is -0.900. The molecule has 7 heteroatoms. The molecule has 2 rings (SSSR count). The second-order valence-corrected chi connectivity index (χ2v) is 8.37. The minimum Gasteiger partial charge on any atom is -0.380 e. The van der Waals surface area contributed by atoms with Crippen molar-refractivity contribution in [2.75, 3.05) is 39.9 Å². The maximum Gasteiger partial charge on any atom is 0.191 e. The first-order valence-corrected chi connectivity index (χ1v) is 10.9. The highest BCUT2D eigenvalue weighted by Gasteiger charge is 2.22. The Balaban J connectivity index is 0.00000450. The van der Waals surface area contributed by atoms with Crippen LogP contribution in [0.15, 0.2) is 29.3 Å². The molecule has 0 radical (unpaired) electrons. The van der Waals surface area contributed by atoms with E-state index in [1.54, 1.807) is 7.05 Å². The molecule has 1 fully saturated rings. The predicted octanol–water partition coefficient (Wildman–Crippen LogP) is 3.64. The van der Waals surface area contributed by atoms with Gasteiger partial charge in [0.1, 0.15) is 0 Å². The fourth-order valence-electron chi connectivity index (χ4n) is 3.60. The fraction of sp³-hybridized carbons (Fsp3) is 0.696. The van der Waals surface area contributed by atoms with Gasteiger partial charge < -0.3 is 20.1 Å². The topological polar surface area (TPSA) is 58.1 Å². The molecule has 0 amide bonds. The van der Waals surface area contributed by atoms with E-state index in [2.05, 4.69) is 72.5 Å². The number of hydrogen-bond acceptors (Lipinski definition) is 4. The lowest BCUT2D eigenvalue weighted by Gasteiger charge is -2.35. The van der Waals surface area contributed by atoms with E-state index in [1.165, 1.54) is 11.1 Å². The third-order valence-electron chi connectivity index (χ3n) is 5.06. The number of aliphatic imine (C=N–C) groups is 1. The van der Waals surface area contributed by atoms with Crippen molar-refractivity contribution in [2.24, 2.45) is 10.9 Å². The van der Waals surface area contributed by atoms with Crippen molar-refractivity contribution in [3.8, 4) is 0 Å². The molecule has 0 bridgehead atoms. The van der Waals surface area contributed by atoms with Crippen LogP contribution in [0.4, 0.5) is 0 Å². The van der Waals surface area contributed by atoms with Crippen molar-refractivity contribution in [1.29, 1.82) is 0 Å². The van der Waals surface area contributed by atoms with Crippen LogP contribution in [0, 0.1) is 5.92 Å². The van der Waals surface area contributed by atoms with E-state index in [0.29, 0.717) is 12.5 Å². The van der Waals surface area contributed by atoms with Crippen LogP contribution in [0.3, 0.4) is 0 Å². The summed E-state index contributed by atoms with van der Waals surface area (Å²) in [7, 11) is 1.80. The van der Waals surface area contributed by atoms with Gasteiger partial charge in [-0.2, -0.15) is 0 Å². The molecule has 1 aromatic carbocycles. The van der Waals surface area contributed by atoms with Crippen LogP contribution in [0.2, 0.25) is 0 Å². The van der Waals surface area contributed by atoms with Gasteiger partial charge in [0.2, 0.25) is 0 Å². The van der Waals surface area contributed by atoms with Gasteiger partial charge in [0.25, 0.3) is 0 Å². The maximum absolute atomic E-state index is 5.86. The molecule has 1 aromatic rings. The van der Waals surface area contributed by atoms with Crippen LogP contribution in [-0.4, -0.2) is 63.0 Å². The molecule has 0 aliphatic carbocycles. The lowest BCUT2D eigenvalue weighted by Crippen LogP contribution is -2.45. The van der Waals surface area contributed by atoms with Crippen molar-refractivity contribution in [2.45, 2.75) is 59.4 Å². The molecule has 1 aliphatic heterocycles. The minimum absolute atomic E-state index is 0. The van der Waals surface area contributed by atoms with Crippen molar-refractivity contribution in [1.82, 2.24) is 15.5 Å². The summed E-state index contributed by atoms with van der Waals surface area (Å²) < 4.78 is 11.5. The van der Waals surface area contributed by atoms with Gasteiger partial charge in [0.05, 0.1) is 18.8 Å². The highest BCUT2D eigenvalue weighted by molar-refractivity contribution is 14.0. The summed E-state index contributed by atoms with van der Waals surface area (Å²) in [6, 6.07) is 8.63. The number of rotatable bonds is 10. The fourth-order valence-corrected chi connectivity index (χ4v) is 3.60. The number of nitrogens with one attached hydrogen (secondary N) is 2. The second kappa shape index (κ2) is 15.0. The van der Waals surface area contributed by atoms with Gasteiger partial charge in [0.15, 0.2) is 5.96 Å². The van der Waals surface area contributed by atoms with Crippen LogP contribution in [-0.2, 0) is 22.6 Å². The van der Waals surface area contributed by atoms with Crippen LogP contribution in [0.1, 0.15) is 45.2 Å². The highest BCUT2D eigenvalue weighted by Crippen LogP contribution is 2.17. The van der Waals surface area contributed by atoms with Gasteiger partial charge in [-0.25, -0.2) is 0 Å². The van der Waals surface area contributed by atoms with E-state index in [9.17, 15) is 0 Å². The number of halogens is 1. The molecule has 172 valence electrons. The molecule has 0 spiro atoms. The Morgan fingerprint density at radius 2 is 1.80 bits per heavy atom.